The standard InChI is InChI=1S/C32H26N2O2S/c1-22-14-16-25(17-15-22)31(35)33-26-18-20-27(21-19-26)37-30(24-9-3-2-4-10-24)32(36)34-29-13-7-11-23-8-5-6-12-28(23)29/h2-21,30H,1H3,(H,33,35)(H,34,36). The predicted octanol–water partition coefficient (Wildman–Crippen LogP) is 7.87. The van der Waals surface area contributed by atoms with Crippen LogP contribution >= 0.6 is 11.8 Å². The third-order valence-corrected chi connectivity index (χ3v) is 7.33. The maximum atomic E-state index is 13.6. The molecule has 0 aliphatic heterocycles. The number of hydrogen-bond acceptors (Lipinski definition) is 3. The zero-order chi connectivity index (χ0) is 25.6. The van der Waals surface area contributed by atoms with Crippen LogP contribution in [-0.2, 0) is 4.79 Å². The molecule has 5 aromatic rings. The Kier molecular flexibility index (Phi) is 7.33. The molecule has 2 N–H and O–H groups in total. The van der Waals surface area contributed by atoms with E-state index in [2.05, 4.69) is 10.6 Å². The summed E-state index contributed by atoms with van der Waals surface area (Å²) in [6.07, 6.45) is 0. The van der Waals surface area contributed by atoms with Crippen molar-refractivity contribution in [2.45, 2.75) is 17.1 Å². The van der Waals surface area contributed by atoms with Crippen molar-refractivity contribution in [1.82, 2.24) is 0 Å². The summed E-state index contributed by atoms with van der Waals surface area (Å²) in [6.45, 7) is 1.99. The van der Waals surface area contributed by atoms with Crippen LogP contribution in [0.2, 0.25) is 0 Å². The molecular formula is C32H26N2O2S. The van der Waals surface area contributed by atoms with Gasteiger partial charge in [0.1, 0.15) is 5.25 Å². The van der Waals surface area contributed by atoms with Gasteiger partial charge in [-0.25, -0.2) is 0 Å². The van der Waals surface area contributed by atoms with Gasteiger partial charge >= 0.3 is 0 Å². The summed E-state index contributed by atoms with van der Waals surface area (Å²) >= 11 is 1.48. The van der Waals surface area contributed by atoms with Gasteiger partial charge in [-0.1, -0.05) is 84.4 Å². The number of anilines is 2. The quantitative estimate of drug-likeness (QED) is 0.223. The normalized spacial score (nSPS) is 11.6. The Morgan fingerprint density at radius 1 is 0.676 bits per heavy atom. The van der Waals surface area contributed by atoms with Crippen LogP contribution in [0.15, 0.2) is 126 Å². The van der Waals surface area contributed by atoms with Crippen molar-refractivity contribution in [2.75, 3.05) is 10.6 Å². The van der Waals surface area contributed by atoms with Gasteiger partial charge in [-0.3, -0.25) is 9.59 Å². The number of hydrogen-bond donors (Lipinski definition) is 2. The van der Waals surface area contributed by atoms with Gasteiger partial charge in [0.2, 0.25) is 5.91 Å². The molecule has 0 aromatic heterocycles. The number of thioether (sulfide) groups is 1. The zero-order valence-corrected chi connectivity index (χ0v) is 21.2. The number of nitrogens with one attached hydrogen (secondary N) is 2. The van der Waals surface area contributed by atoms with Crippen LogP contribution in [0.25, 0.3) is 10.8 Å². The van der Waals surface area contributed by atoms with Gasteiger partial charge in [0, 0.05) is 27.2 Å². The highest BCUT2D eigenvalue weighted by atomic mass is 32.2. The molecule has 0 radical (unpaired) electrons. The van der Waals surface area contributed by atoms with Crippen molar-refractivity contribution in [1.29, 1.82) is 0 Å². The molecule has 0 fully saturated rings. The van der Waals surface area contributed by atoms with E-state index in [0.717, 1.165) is 32.5 Å². The van der Waals surface area contributed by atoms with E-state index >= 15 is 0 Å². The first-order chi connectivity index (χ1) is 18.1. The molecule has 0 aliphatic carbocycles. The van der Waals surface area contributed by atoms with Crippen LogP contribution in [-0.4, -0.2) is 11.8 Å². The molecule has 5 rings (SSSR count). The fraction of sp³-hybridized carbons (Fsp3) is 0.0625. The van der Waals surface area contributed by atoms with Gasteiger partial charge in [-0.15, -0.1) is 11.8 Å². The number of aryl methyl sites for hydroxylation is 1. The topological polar surface area (TPSA) is 58.2 Å². The van der Waals surface area contributed by atoms with Crippen LogP contribution in [0, 0.1) is 6.92 Å². The van der Waals surface area contributed by atoms with Crippen molar-refractivity contribution >= 4 is 45.7 Å². The molecule has 0 heterocycles. The minimum Gasteiger partial charge on any atom is -0.324 e. The van der Waals surface area contributed by atoms with E-state index < -0.39 is 5.25 Å². The highest BCUT2D eigenvalue weighted by Crippen LogP contribution is 2.37. The maximum absolute atomic E-state index is 13.6. The Morgan fingerprint density at radius 3 is 2.11 bits per heavy atom. The van der Waals surface area contributed by atoms with Gasteiger partial charge in [0.15, 0.2) is 0 Å². The first-order valence-electron chi connectivity index (χ1n) is 12.1. The minimum atomic E-state index is -0.451. The van der Waals surface area contributed by atoms with Crippen molar-refractivity contribution in [3.05, 3.63) is 138 Å². The third-order valence-electron chi connectivity index (χ3n) is 6.07. The van der Waals surface area contributed by atoms with E-state index in [1.807, 2.05) is 128 Å². The molecule has 0 saturated heterocycles. The summed E-state index contributed by atoms with van der Waals surface area (Å²) in [4.78, 5) is 27.1. The van der Waals surface area contributed by atoms with Crippen molar-refractivity contribution in [2.24, 2.45) is 0 Å². The van der Waals surface area contributed by atoms with Gasteiger partial charge in [0.05, 0.1) is 0 Å². The Balaban J connectivity index is 1.34. The number of carbonyl (C=O) groups is 2. The van der Waals surface area contributed by atoms with E-state index in [1.165, 1.54) is 11.8 Å². The van der Waals surface area contributed by atoms with Gasteiger partial charge < -0.3 is 10.6 Å². The molecule has 0 saturated carbocycles. The summed E-state index contributed by atoms with van der Waals surface area (Å²) in [5.41, 5.74) is 4.13. The predicted molar refractivity (Wildman–Crippen MR) is 153 cm³/mol. The van der Waals surface area contributed by atoms with E-state index in [-0.39, 0.29) is 11.8 Å². The molecule has 5 aromatic carbocycles. The Labute approximate surface area is 220 Å². The second-order valence-corrected chi connectivity index (χ2v) is 9.95. The SMILES string of the molecule is Cc1ccc(C(=O)Nc2ccc(SC(C(=O)Nc3cccc4ccccc34)c3ccccc3)cc2)cc1. The lowest BCUT2D eigenvalue weighted by molar-refractivity contribution is -0.115. The second kappa shape index (κ2) is 11.1. The Bertz CT molecular complexity index is 1530. The van der Waals surface area contributed by atoms with E-state index in [1.54, 1.807) is 0 Å². The lowest BCUT2D eigenvalue weighted by Gasteiger charge is -2.18. The molecule has 4 nitrogen and oxygen atoms in total. The average molecular weight is 503 g/mol. The summed E-state index contributed by atoms with van der Waals surface area (Å²) < 4.78 is 0. The molecule has 0 spiro atoms. The lowest BCUT2D eigenvalue weighted by atomic mass is 10.1. The van der Waals surface area contributed by atoms with Gasteiger partial charge in [0.25, 0.3) is 5.91 Å². The zero-order valence-electron chi connectivity index (χ0n) is 20.3. The summed E-state index contributed by atoms with van der Waals surface area (Å²) in [5, 5.41) is 7.71. The number of benzene rings is 5. The van der Waals surface area contributed by atoms with Gasteiger partial charge in [-0.05, 0) is 60.3 Å². The molecule has 2 amide bonds. The summed E-state index contributed by atoms with van der Waals surface area (Å²) in [5.74, 6) is -0.249. The molecule has 0 aliphatic rings. The number of rotatable bonds is 7. The highest BCUT2D eigenvalue weighted by molar-refractivity contribution is 8.00. The Morgan fingerprint density at radius 2 is 1.35 bits per heavy atom. The van der Waals surface area contributed by atoms with E-state index in [4.69, 9.17) is 0 Å². The lowest BCUT2D eigenvalue weighted by Crippen LogP contribution is -2.19. The van der Waals surface area contributed by atoms with Crippen LogP contribution in [0.5, 0.6) is 0 Å². The molecule has 37 heavy (non-hydrogen) atoms. The maximum Gasteiger partial charge on any atom is 0.255 e. The summed E-state index contributed by atoms with van der Waals surface area (Å²) in [6, 6.07) is 38.7. The first kappa shape index (κ1) is 24.3. The summed E-state index contributed by atoms with van der Waals surface area (Å²) in [7, 11) is 0. The molecule has 5 heteroatoms. The van der Waals surface area contributed by atoms with Crippen molar-refractivity contribution in [3.8, 4) is 0 Å². The minimum absolute atomic E-state index is 0.0932. The highest BCUT2D eigenvalue weighted by Gasteiger charge is 2.23. The van der Waals surface area contributed by atoms with Crippen LogP contribution in [0.1, 0.15) is 26.7 Å². The molecule has 182 valence electrons. The number of amides is 2. The Hall–Kier alpha value is -4.35. The van der Waals surface area contributed by atoms with E-state index in [0.29, 0.717) is 11.3 Å². The molecule has 0 bridgehead atoms. The van der Waals surface area contributed by atoms with Crippen molar-refractivity contribution < 1.29 is 9.59 Å². The van der Waals surface area contributed by atoms with Crippen LogP contribution < -0.4 is 10.6 Å². The third kappa shape index (κ3) is 5.90. The fourth-order valence-corrected chi connectivity index (χ4v) is 5.12. The van der Waals surface area contributed by atoms with Gasteiger partial charge in [-0.2, -0.15) is 0 Å². The molecule has 1 atom stereocenters. The second-order valence-electron chi connectivity index (χ2n) is 8.77. The smallest absolute Gasteiger partial charge is 0.255 e. The van der Waals surface area contributed by atoms with E-state index in [9.17, 15) is 9.59 Å². The monoisotopic (exact) mass is 502 g/mol. The molecular weight excluding hydrogens is 476 g/mol. The number of fused-ring (bicyclic) bond motifs is 1. The fourth-order valence-electron chi connectivity index (χ4n) is 4.09. The average Bonchev–Trinajstić information content (AvgIpc) is 2.93. The molecule has 1 unspecified atom stereocenters. The van der Waals surface area contributed by atoms with Crippen LogP contribution in [0.4, 0.5) is 11.4 Å². The number of carbonyl (C=O) groups excluding carboxylic acids is 2. The first-order valence-corrected chi connectivity index (χ1v) is 12.9. The largest absolute Gasteiger partial charge is 0.324 e. The van der Waals surface area contributed by atoms with Crippen LogP contribution in [0.3, 0.4) is 0 Å². The van der Waals surface area contributed by atoms with Crippen molar-refractivity contribution in [3.63, 3.8) is 0 Å².